The van der Waals surface area contributed by atoms with E-state index < -0.39 is 0 Å². The number of fused-ring (bicyclic) bond motifs is 1. The lowest BCUT2D eigenvalue weighted by molar-refractivity contribution is 0.262. The molecule has 5 rings (SSSR count). The van der Waals surface area contributed by atoms with E-state index in [1.165, 1.54) is 0 Å². The molecule has 0 aliphatic rings. The van der Waals surface area contributed by atoms with E-state index in [-0.39, 0.29) is 18.4 Å². The first-order valence-electron chi connectivity index (χ1n) is 15.3. The standard InChI is InChI=1S/C24H29NO4.C13H12N2O.ClH/c1-5-26-21-10-9-17(14-22(21)27-6-2)13-20-19-16-24(29-8-4)23(28-7-3)15-18(19)11-12-25-20;16-13(14-11-7-3-1-4-8-11)15-12-9-5-2-6-10-12;/h9-12,14-16H,5-8,13H2,1-4H3;1-10H,(H2,14,15,16);1H. The molecule has 8 nitrogen and oxygen atoms in total. The first-order chi connectivity index (χ1) is 22.0. The summed E-state index contributed by atoms with van der Waals surface area (Å²) in [5.74, 6) is 3.04. The van der Waals surface area contributed by atoms with Gasteiger partial charge in [-0.3, -0.25) is 4.98 Å². The molecular formula is C37H42ClN3O5. The van der Waals surface area contributed by atoms with Gasteiger partial charge in [0, 0.05) is 29.4 Å². The number of carbonyl (C=O) groups excluding carboxylic acids is 1. The number of aromatic nitrogens is 1. The highest BCUT2D eigenvalue weighted by atomic mass is 35.5. The monoisotopic (exact) mass is 643 g/mol. The predicted molar refractivity (Wildman–Crippen MR) is 188 cm³/mol. The molecule has 1 aromatic heterocycles. The van der Waals surface area contributed by atoms with Crippen molar-refractivity contribution in [1.82, 2.24) is 4.98 Å². The molecule has 5 aromatic rings. The number of ether oxygens (including phenoxy) is 4. The van der Waals surface area contributed by atoms with Crippen molar-refractivity contribution in [2.24, 2.45) is 0 Å². The number of benzene rings is 4. The Bertz CT molecular complexity index is 1610. The third-order valence-corrected chi connectivity index (χ3v) is 6.55. The number of carbonyl (C=O) groups is 1. The molecule has 46 heavy (non-hydrogen) atoms. The second-order valence-electron chi connectivity index (χ2n) is 9.78. The molecule has 0 aliphatic heterocycles. The summed E-state index contributed by atoms with van der Waals surface area (Å²) in [5, 5.41) is 7.62. The molecule has 1 heterocycles. The van der Waals surface area contributed by atoms with Crippen molar-refractivity contribution < 1.29 is 23.7 Å². The minimum atomic E-state index is -0.239. The van der Waals surface area contributed by atoms with Gasteiger partial charge in [0.25, 0.3) is 0 Å². The summed E-state index contributed by atoms with van der Waals surface area (Å²) >= 11 is 0. The van der Waals surface area contributed by atoms with E-state index in [1.807, 2.05) is 125 Å². The summed E-state index contributed by atoms with van der Waals surface area (Å²) in [5.41, 5.74) is 3.65. The zero-order valence-corrected chi connectivity index (χ0v) is 27.6. The molecule has 0 spiro atoms. The Balaban J connectivity index is 0.000000287. The Morgan fingerprint density at radius 3 is 1.65 bits per heavy atom. The Kier molecular flexibility index (Phi) is 14.5. The van der Waals surface area contributed by atoms with Crippen LogP contribution >= 0.6 is 12.4 Å². The fourth-order valence-corrected chi connectivity index (χ4v) is 4.65. The molecule has 0 aliphatic carbocycles. The lowest BCUT2D eigenvalue weighted by Crippen LogP contribution is -2.19. The number of halogens is 1. The summed E-state index contributed by atoms with van der Waals surface area (Å²) < 4.78 is 23.0. The largest absolute Gasteiger partial charge is 0.490 e. The van der Waals surface area contributed by atoms with Gasteiger partial charge in [0.05, 0.1) is 32.1 Å². The molecule has 0 atom stereocenters. The number of nitrogens with zero attached hydrogens (tertiary/aromatic N) is 1. The van der Waals surface area contributed by atoms with Crippen LogP contribution in [0.25, 0.3) is 10.8 Å². The maximum Gasteiger partial charge on any atom is 0.323 e. The van der Waals surface area contributed by atoms with Crippen molar-refractivity contribution in [1.29, 1.82) is 0 Å². The number of rotatable bonds is 12. The van der Waals surface area contributed by atoms with Gasteiger partial charge in [0.2, 0.25) is 0 Å². The fourth-order valence-electron chi connectivity index (χ4n) is 4.65. The van der Waals surface area contributed by atoms with Gasteiger partial charge in [-0.1, -0.05) is 42.5 Å². The number of pyridine rings is 1. The highest BCUT2D eigenvalue weighted by Gasteiger charge is 2.13. The number of urea groups is 1. The molecule has 0 radical (unpaired) electrons. The SMILES string of the molecule is CCOc1ccc(Cc2nccc3cc(OCC)c(OCC)cc23)cc1OCC.Cl.O=C(Nc1ccccc1)Nc1ccccc1. The van der Waals surface area contributed by atoms with Gasteiger partial charge >= 0.3 is 6.03 Å². The predicted octanol–water partition coefficient (Wildman–Crippen LogP) is 9.17. The van der Waals surface area contributed by atoms with Crippen molar-refractivity contribution in [3.63, 3.8) is 0 Å². The van der Waals surface area contributed by atoms with Gasteiger partial charge in [-0.25, -0.2) is 4.79 Å². The van der Waals surface area contributed by atoms with E-state index in [0.717, 1.165) is 56.4 Å². The summed E-state index contributed by atoms with van der Waals surface area (Å²) in [4.78, 5) is 16.2. The third-order valence-electron chi connectivity index (χ3n) is 6.55. The number of hydrogen-bond acceptors (Lipinski definition) is 6. The summed E-state index contributed by atoms with van der Waals surface area (Å²) in [6.07, 6.45) is 2.52. The Labute approximate surface area is 277 Å². The van der Waals surface area contributed by atoms with Crippen LogP contribution in [0.1, 0.15) is 39.0 Å². The zero-order valence-electron chi connectivity index (χ0n) is 26.7. The number of amides is 2. The minimum Gasteiger partial charge on any atom is -0.490 e. The highest BCUT2D eigenvalue weighted by Crippen LogP contribution is 2.35. The minimum absolute atomic E-state index is 0. The molecule has 2 amide bonds. The molecule has 0 fully saturated rings. The van der Waals surface area contributed by atoms with Crippen molar-refractivity contribution in [3.05, 3.63) is 115 Å². The van der Waals surface area contributed by atoms with Crippen molar-refractivity contribution >= 4 is 40.6 Å². The van der Waals surface area contributed by atoms with Crippen LogP contribution in [0.3, 0.4) is 0 Å². The molecule has 0 unspecified atom stereocenters. The van der Waals surface area contributed by atoms with Crippen LogP contribution in [0.4, 0.5) is 16.2 Å². The van der Waals surface area contributed by atoms with Crippen LogP contribution in [0.2, 0.25) is 0 Å². The molecule has 4 aromatic carbocycles. The zero-order chi connectivity index (χ0) is 31.9. The van der Waals surface area contributed by atoms with Crippen LogP contribution < -0.4 is 29.6 Å². The number of nitrogens with one attached hydrogen (secondary N) is 2. The summed E-state index contributed by atoms with van der Waals surface area (Å²) in [6, 6.07) is 30.5. The second-order valence-corrected chi connectivity index (χ2v) is 9.78. The lowest BCUT2D eigenvalue weighted by Gasteiger charge is -2.15. The smallest absolute Gasteiger partial charge is 0.323 e. The maximum atomic E-state index is 11.6. The fraction of sp³-hybridized carbons (Fsp3) is 0.243. The van der Waals surface area contributed by atoms with E-state index >= 15 is 0 Å². The summed E-state index contributed by atoms with van der Waals surface area (Å²) in [7, 11) is 0. The molecule has 242 valence electrons. The number of anilines is 2. The second kappa shape index (κ2) is 18.8. The Morgan fingerprint density at radius 2 is 1.11 bits per heavy atom. The van der Waals surface area contributed by atoms with Crippen molar-refractivity contribution in [2.75, 3.05) is 37.1 Å². The van der Waals surface area contributed by atoms with Gasteiger partial charge < -0.3 is 29.6 Å². The Morgan fingerprint density at radius 1 is 0.609 bits per heavy atom. The molecule has 0 bridgehead atoms. The first-order valence-corrected chi connectivity index (χ1v) is 15.3. The topological polar surface area (TPSA) is 90.9 Å². The van der Waals surface area contributed by atoms with E-state index in [4.69, 9.17) is 18.9 Å². The van der Waals surface area contributed by atoms with Crippen LogP contribution in [-0.2, 0) is 6.42 Å². The van der Waals surface area contributed by atoms with Gasteiger partial charge in [0.1, 0.15) is 0 Å². The van der Waals surface area contributed by atoms with Gasteiger partial charge in [-0.05, 0) is 93.2 Å². The normalized spacial score (nSPS) is 10.1. The lowest BCUT2D eigenvalue weighted by atomic mass is 10.0. The van der Waals surface area contributed by atoms with E-state index in [0.29, 0.717) is 32.8 Å². The van der Waals surface area contributed by atoms with E-state index in [2.05, 4.69) is 21.7 Å². The number of hydrogen-bond donors (Lipinski definition) is 2. The third kappa shape index (κ3) is 10.3. The number of para-hydroxylation sites is 2. The quantitative estimate of drug-likeness (QED) is 0.141. The average Bonchev–Trinajstić information content (AvgIpc) is 3.04. The molecule has 0 saturated heterocycles. The average molecular weight is 644 g/mol. The van der Waals surface area contributed by atoms with Crippen molar-refractivity contribution in [3.8, 4) is 23.0 Å². The van der Waals surface area contributed by atoms with Crippen LogP contribution in [0, 0.1) is 0 Å². The van der Waals surface area contributed by atoms with Gasteiger partial charge in [0.15, 0.2) is 23.0 Å². The van der Waals surface area contributed by atoms with Crippen LogP contribution in [-0.4, -0.2) is 37.4 Å². The highest BCUT2D eigenvalue weighted by molar-refractivity contribution is 5.99. The molecular weight excluding hydrogens is 602 g/mol. The van der Waals surface area contributed by atoms with E-state index in [9.17, 15) is 4.79 Å². The molecule has 2 N–H and O–H groups in total. The first kappa shape index (κ1) is 35.5. The molecule has 9 heteroatoms. The Hall–Kier alpha value is -4.95. The molecule has 0 saturated carbocycles. The van der Waals surface area contributed by atoms with Crippen LogP contribution in [0.15, 0.2) is 103 Å². The summed E-state index contributed by atoms with van der Waals surface area (Å²) in [6.45, 7) is 10.3. The maximum absolute atomic E-state index is 11.6. The van der Waals surface area contributed by atoms with Gasteiger partial charge in [-0.2, -0.15) is 0 Å². The van der Waals surface area contributed by atoms with Crippen LogP contribution in [0.5, 0.6) is 23.0 Å². The van der Waals surface area contributed by atoms with E-state index in [1.54, 1.807) is 0 Å². The van der Waals surface area contributed by atoms with Gasteiger partial charge in [-0.15, -0.1) is 12.4 Å². The van der Waals surface area contributed by atoms with Crippen molar-refractivity contribution in [2.45, 2.75) is 34.1 Å².